The minimum absolute atomic E-state index is 0.0181. The number of nitrogens with one attached hydrogen (secondary N) is 4. The van der Waals surface area contributed by atoms with Gasteiger partial charge in [-0.3, -0.25) is 19.2 Å². The summed E-state index contributed by atoms with van der Waals surface area (Å²) in [4.78, 5) is 50.7. The normalized spacial score (nSPS) is 14.0. The van der Waals surface area contributed by atoms with Crippen LogP contribution in [0.3, 0.4) is 0 Å². The maximum atomic E-state index is 13.3. The van der Waals surface area contributed by atoms with Crippen molar-refractivity contribution < 1.29 is 33.4 Å². The molecule has 4 N–H and O–H groups in total. The molecule has 0 fully saturated rings. The topological polar surface area (TPSA) is 144 Å². The molecule has 11 heteroatoms. The van der Waals surface area contributed by atoms with E-state index in [0.29, 0.717) is 78.4 Å². The number of amides is 4. The maximum absolute atomic E-state index is 13.3. The van der Waals surface area contributed by atoms with E-state index in [1.807, 2.05) is 20.8 Å². The standard InChI is InChI=1S/C40H78N4O7/c1-12-15-17-22-34(46)44-32(36(48)43-26-38(6,7)29-50-28-37(4,5)25-42-33(45)20-13-2)21-18-16-19-23-41-35(47)24-40(10,14-3)31-51-30-39(8,9)27-49-11/h32H,12-31H2,1-11H3,(H,41,47)(H,42,45)(H,43,48)(H,44,46)/t32-,40?/m0/s1. The smallest absolute Gasteiger partial charge is 0.242 e. The first-order valence-corrected chi connectivity index (χ1v) is 19.6. The molecule has 2 atom stereocenters. The minimum atomic E-state index is -0.616. The molecular weight excluding hydrogens is 648 g/mol. The quantitative estimate of drug-likeness (QED) is 0.0612. The molecule has 11 nitrogen and oxygen atoms in total. The summed E-state index contributed by atoms with van der Waals surface area (Å²) in [5, 5.41) is 12.1. The van der Waals surface area contributed by atoms with E-state index in [0.717, 1.165) is 51.4 Å². The molecular formula is C40H78N4O7. The van der Waals surface area contributed by atoms with Crippen LogP contribution in [-0.4, -0.2) is 89.4 Å². The second kappa shape index (κ2) is 25.7. The van der Waals surface area contributed by atoms with E-state index >= 15 is 0 Å². The predicted molar refractivity (Wildman–Crippen MR) is 206 cm³/mol. The van der Waals surface area contributed by atoms with Gasteiger partial charge in [0.15, 0.2) is 0 Å². The van der Waals surface area contributed by atoms with Crippen LogP contribution in [0.15, 0.2) is 0 Å². The van der Waals surface area contributed by atoms with Gasteiger partial charge in [-0.2, -0.15) is 0 Å². The van der Waals surface area contributed by atoms with Crippen LogP contribution in [0.1, 0.15) is 146 Å². The molecule has 4 amide bonds. The Hall–Kier alpha value is -2.24. The van der Waals surface area contributed by atoms with Gasteiger partial charge in [0.1, 0.15) is 6.04 Å². The second-order valence-electron chi connectivity index (χ2n) is 17.3. The van der Waals surface area contributed by atoms with Crippen LogP contribution in [0.5, 0.6) is 0 Å². The molecule has 1 unspecified atom stereocenters. The van der Waals surface area contributed by atoms with Crippen LogP contribution in [0.25, 0.3) is 0 Å². The summed E-state index contributed by atoms with van der Waals surface area (Å²) in [7, 11) is 1.69. The molecule has 0 spiro atoms. The summed E-state index contributed by atoms with van der Waals surface area (Å²) in [6.07, 6.45) is 8.67. The molecule has 0 saturated heterocycles. The molecule has 0 saturated carbocycles. The first kappa shape index (κ1) is 48.8. The summed E-state index contributed by atoms with van der Waals surface area (Å²) in [5.41, 5.74) is -0.868. The van der Waals surface area contributed by atoms with Crippen LogP contribution < -0.4 is 21.3 Å². The lowest BCUT2D eigenvalue weighted by Gasteiger charge is -2.30. The van der Waals surface area contributed by atoms with Gasteiger partial charge in [0, 0.05) is 62.3 Å². The van der Waals surface area contributed by atoms with Crippen molar-refractivity contribution in [3.05, 3.63) is 0 Å². The molecule has 300 valence electrons. The molecule has 0 rings (SSSR count). The molecule has 0 aliphatic rings. The Bertz CT molecular complexity index is 1000. The van der Waals surface area contributed by atoms with Gasteiger partial charge >= 0.3 is 0 Å². The summed E-state index contributed by atoms with van der Waals surface area (Å²) in [6.45, 7) is 24.8. The van der Waals surface area contributed by atoms with Crippen molar-refractivity contribution in [2.75, 3.05) is 59.8 Å². The Balaban J connectivity index is 4.85. The van der Waals surface area contributed by atoms with Crippen molar-refractivity contribution in [2.45, 2.75) is 152 Å². The highest BCUT2D eigenvalue weighted by Gasteiger charge is 2.29. The molecule has 0 aromatic heterocycles. The third kappa shape index (κ3) is 25.4. The number of hydrogen-bond donors (Lipinski definition) is 4. The fraction of sp³-hybridized carbons (Fsp3) is 0.900. The molecule has 0 bridgehead atoms. The van der Waals surface area contributed by atoms with Crippen molar-refractivity contribution in [1.82, 2.24) is 21.3 Å². The predicted octanol–water partition coefficient (Wildman–Crippen LogP) is 6.33. The van der Waals surface area contributed by atoms with Crippen LogP contribution in [0.4, 0.5) is 0 Å². The van der Waals surface area contributed by atoms with Gasteiger partial charge in [0.05, 0.1) is 33.0 Å². The fourth-order valence-electron chi connectivity index (χ4n) is 5.49. The molecule has 0 aliphatic heterocycles. The number of unbranched alkanes of at least 4 members (excludes halogenated alkanes) is 4. The third-order valence-electron chi connectivity index (χ3n) is 9.04. The number of hydrogen-bond acceptors (Lipinski definition) is 7. The molecule has 0 radical (unpaired) electrons. The summed E-state index contributed by atoms with van der Waals surface area (Å²) in [5.74, 6) is -0.217. The average molecular weight is 727 g/mol. The zero-order valence-electron chi connectivity index (χ0n) is 34.6. The maximum Gasteiger partial charge on any atom is 0.242 e. The van der Waals surface area contributed by atoms with E-state index in [1.54, 1.807) is 7.11 Å². The van der Waals surface area contributed by atoms with Gasteiger partial charge in [-0.1, -0.05) is 94.9 Å². The van der Waals surface area contributed by atoms with E-state index in [-0.39, 0.29) is 45.3 Å². The summed E-state index contributed by atoms with van der Waals surface area (Å²) < 4.78 is 17.3. The second-order valence-corrected chi connectivity index (χ2v) is 17.3. The first-order valence-electron chi connectivity index (χ1n) is 19.6. The highest BCUT2D eigenvalue weighted by molar-refractivity contribution is 5.87. The molecule has 0 heterocycles. The van der Waals surface area contributed by atoms with Gasteiger partial charge in [0.25, 0.3) is 0 Å². The van der Waals surface area contributed by atoms with Crippen molar-refractivity contribution in [1.29, 1.82) is 0 Å². The lowest BCUT2D eigenvalue weighted by molar-refractivity contribution is -0.129. The largest absolute Gasteiger partial charge is 0.384 e. The number of carbonyl (C=O) groups is 4. The molecule has 0 aliphatic carbocycles. The molecule has 51 heavy (non-hydrogen) atoms. The Kier molecular flexibility index (Phi) is 24.6. The van der Waals surface area contributed by atoms with Gasteiger partial charge in [-0.25, -0.2) is 0 Å². The Labute approximate surface area is 311 Å². The average Bonchev–Trinajstić information content (AvgIpc) is 3.03. The van der Waals surface area contributed by atoms with E-state index in [4.69, 9.17) is 14.2 Å². The minimum Gasteiger partial charge on any atom is -0.384 e. The third-order valence-corrected chi connectivity index (χ3v) is 9.04. The number of carbonyl (C=O) groups excluding carboxylic acids is 4. The molecule has 0 aromatic carbocycles. The Morgan fingerprint density at radius 1 is 0.588 bits per heavy atom. The van der Waals surface area contributed by atoms with Crippen molar-refractivity contribution in [3.63, 3.8) is 0 Å². The number of methoxy groups -OCH3 is 1. The Morgan fingerprint density at radius 2 is 1.20 bits per heavy atom. The SMILES string of the molecule is CCCCCC(=O)N[C@@H](CCCCCNC(=O)CC(C)(CC)COCC(C)(C)COC)C(=O)NCC(C)(C)COCC(C)(C)CNC(=O)CCC. The highest BCUT2D eigenvalue weighted by atomic mass is 16.5. The number of ether oxygens (including phenoxy) is 3. The fourth-order valence-corrected chi connectivity index (χ4v) is 5.49. The zero-order valence-corrected chi connectivity index (χ0v) is 34.6. The van der Waals surface area contributed by atoms with Gasteiger partial charge in [-0.05, 0) is 37.5 Å². The number of rotatable bonds is 31. The van der Waals surface area contributed by atoms with Gasteiger partial charge in [0.2, 0.25) is 23.6 Å². The highest BCUT2D eigenvalue weighted by Crippen LogP contribution is 2.27. The van der Waals surface area contributed by atoms with Crippen molar-refractivity contribution in [2.24, 2.45) is 21.7 Å². The Morgan fingerprint density at radius 3 is 1.78 bits per heavy atom. The van der Waals surface area contributed by atoms with E-state index in [9.17, 15) is 19.2 Å². The van der Waals surface area contributed by atoms with Gasteiger partial charge < -0.3 is 35.5 Å². The van der Waals surface area contributed by atoms with Crippen LogP contribution in [0, 0.1) is 21.7 Å². The molecule has 0 aromatic rings. The lowest BCUT2D eigenvalue weighted by atomic mass is 9.84. The van der Waals surface area contributed by atoms with Crippen LogP contribution in [0.2, 0.25) is 0 Å². The van der Waals surface area contributed by atoms with Gasteiger partial charge in [-0.15, -0.1) is 0 Å². The van der Waals surface area contributed by atoms with E-state index < -0.39 is 6.04 Å². The van der Waals surface area contributed by atoms with Crippen molar-refractivity contribution in [3.8, 4) is 0 Å². The summed E-state index contributed by atoms with van der Waals surface area (Å²) in [6, 6.07) is -0.616. The van der Waals surface area contributed by atoms with E-state index in [1.165, 1.54) is 0 Å². The van der Waals surface area contributed by atoms with Crippen molar-refractivity contribution >= 4 is 23.6 Å². The van der Waals surface area contributed by atoms with E-state index in [2.05, 4.69) is 69.7 Å². The first-order chi connectivity index (χ1) is 23.8. The van der Waals surface area contributed by atoms with Crippen LogP contribution in [-0.2, 0) is 33.4 Å². The lowest BCUT2D eigenvalue weighted by Crippen LogP contribution is -2.49. The summed E-state index contributed by atoms with van der Waals surface area (Å²) >= 11 is 0. The monoisotopic (exact) mass is 727 g/mol. The zero-order chi connectivity index (χ0) is 39.0. The van der Waals surface area contributed by atoms with Crippen LogP contribution >= 0.6 is 0 Å².